The lowest BCUT2D eigenvalue weighted by Crippen LogP contribution is -2.48. The van der Waals surface area contributed by atoms with Gasteiger partial charge in [0.05, 0.1) is 12.7 Å². The molecule has 0 spiro atoms. The van der Waals surface area contributed by atoms with Crippen molar-refractivity contribution in [3.8, 4) is 0 Å². The predicted octanol–water partition coefficient (Wildman–Crippen LogP) is 2.17. The number of carbonyl (C=O) groups excluding carboxylic acids is 1. The third-order valence-electron chi connectivity index (χ3n) is 4.23. The highest BCUT2D eigenvalue weighted by Gasteiger charge is 2.21. The standard InChI is InChI=1S/C17H21FN4O/c1-12-9-15(13(2)20-12)16(23)11-21-5-7-22(8-6-21)17-4-3-14(18)10-19-17/h3-4,9-10,20H,5-8,11H2,1-2H3. The van der Waals surface area contributed by atoms with E-state index < -0.39 is 0 Å². The van der Waals surface area contributed by atoms with E-state index in [2.05, 4.69) is 19.8 Å². The summed E-state index contributed by atoms with van der Waals surface area (Å²) in [5, 5.41) is 0. The maximum Gasteiger partial charge on any atom is 0.178 e. The van der Waals surface area contributed by atoms with Gasteiger partial charge in [0.15, 0.2) is 5.78 Å². The summed E-state index contributed by atoms with van der Waals surface area (Å²) in [7, 11) is 0. The summed E-state index contributed by atoms with van der Waals surface area (Å²) in [4.78, 5) is 24.0. The van der Waals surface area contributed by atoms with Crippen LogP contribution in [0.4, 0.5) is 10.2 Å². The highest BCUT2D eigenvalue weighted by molar-refractivity contribution is 5.98. The maximum atomic E-state index is 12.9. The average molecular weight is 316 g/mol. The number of aromatic nitrogens is 2. The summed E-state index contributed by atoms with van der Waals surface area (Å²) in [6, 6.07) is 5.04. The molecule has 2 aromatic heterocycles. The second-order valence-electron chi connectivity index (χ2n) is 6.01. The van der Waals surface area contributed by atoms with Gasteiger partial charge < -0.3 is 9.88 Å². The first-order valence-electron chi connectivity index (χ1n) is 7.81. The van der Waals surface area contributed by atoms with Gasteiger partial charge in [-0.25, -0.2) is 9.37 Å². The normalized spacial score (nSPS) is 15.9. The highest BCUT2D eigenvalue weighted by Crippen LogP contribution is 2.15. The molecule has 1 aliphatic heterocycles. The first-order valence-corrected chi connectivity index (χ1v) is 7.81. The smallest absolute Gasteiger partial charge is 0.178 e. The van der Waals surface area contributed by atoms with Gasteiger partial charge in [-0.2, -0.15) is 0 Å². The van der Waals surface area contributed by atoms with E-state index in [-0.39, 0.29) is 11.6 Å². The van der Waals surface area contributed by atoms with E-state index in [1.165, 1.54) is 12.3 Å². The predicted molar refractivity (Wildman–Crippen MR) is 87.4 cm³/mol. The van der Waals surface area contributed by atoms with E-state index in [0.717, 1.165) is 48.9 Å². The molecule has 0 saturated carbocycles. The number of rotatable bonds is 4. The van der Waals surface area contributed by atoms with Gasteiger partial charge in [-0.3, -0.25) is 9.69 Å². The highest BCUT2D eigenvalue weighted by atomic mass is 19.1. The monoisotopic (exact) mass is 316 g/mol. The SMILES string of the molecule is Cc1cc(C(=O)CN2CCN(c3ccc(F)cn3)CC2)c(C)[nH]1. The molecule has 0 aromatic carbocycles. The molecule has 1 aliphatic rings. The average Bonchev–Trinajstić information content (AvgIpc) is 2.88. The fourth-order valence-corrected chi connectivity index (χ4v) is 2.99. The van der Waals surface area contributed by atoms with E-state index in [1.54, 1.807) is 6.07 Å². The quantitative estimate of drug-likeness (QED) is 0.879. The number of nitrogens with one attached hydrogen (secondary N) is 1. The molecular formula is C17H21FN4O. The van der Waals surface area contributed by atoms with Crippen molar-refractivity contribution in [2.24, 2.45) is 0 Å². The number of ketones is 1. The lowest BCUT2D eigenvalue weighted by molar-refractivity contribution is 0.0926. The summed E-state index contributed by atoms with van der Waals surface area (Å²) < 4.78 is 12.9. The Morgan fingerprint density at radius 1 is 1.26 bits per heavy atom. The van der Waals surface area contributed by atoms with Gasteiger partial charge in [0.2, 0.25) is 0 Å². The zero-order valence-electron chi connectivity index (χ0n) is 13.5. The third kappa shape index (κ3) is 3.59. The van der Waals surface area contributed by atoms with Crippen LogP contribution in [0.5, 0.6) is 0 Å². The number of hydrogen-bond acceptors (Lipinski definition) is 4. The number of H-pyrrole nitrogens is 1. The van der Waals surface area contributed by atoms with E-state index in [1.807, 2.05) is 19.9 Å². The Hall–Kier alpha value is -2.21. The molecule has 1 saturated heterocycles. The van der Waals surface area contributed by atoms with Crippen LogP contribution in [0.15, 0.2) is 24.4 Å². The molecule has 2 aromatic rings. The zero-order chi connectivity index (χ0) is 16.4. The molecule has 0 atom stereocenters. The number of anilines is 1. The number of Topliss-reactive ketones (excluding diaryl/α,β-unsaturated/α-hetero) is 1. The van der Waals surface area contributed by atoms with Crippen LogP contribution in [-0.2, 0) is 0 Å². The minimum absolute atomic E-state index is 0.153. The van der Waals surface area contributed by atoms with Crippen LogP contribution in [0.25, 0.3) is 0 Å². The Morgan fingerprint density at radius 2 is 2.00 bits per heavy atom. The van der Waals surface area contributed by atoms with Crippen molar-refractivity contribution in [2.45, 2.75) is 13.8 Å². The van der Waals surface area contributed by atoms with Gasteiger partial charge in [-0.1, -0.05) is 0 Å². The Kier molecular flexibility index (Phi) is 4.43. The number of hydrogen-bond donors (Lipinski definition) is 1. The van der Waals surface area contributed by atoms with Crippen molar-refractivity contribution >= 4 is 11.6 Å². The maximum absolute atomic E-state index is 12.9. The van der Waals surface area contributed by atoms with E-state index in [0.29, 0.717) is 6.54 Å². The summed E-state index contributed by atoms with van der Waals surface area (Å²) in [6.07, 6.45) is 1.24. The van der Waals surface area contributed by atoms with Gasteiger partial charge >= 0.3 is 0 Å². The van der Waals surface area contributed by atoms with Crippen molar-refractivity contribution in [1.82, 2.24) is 14.9 Å². The van der Waals surface area contributed by atoms with Crippen molar-refractivity contribution in [1.29, 1.82) is 0 Å². The second-order valence-corrected chi connectivity index (χ2v) is 6.01. The Balaban J connectivity index is 1.56. The van der Waals surface area contributed by atoms with Gasteiger partial charge in [-0.05, 0) is 32.0 Å². The first kappa shape index (κ1) is 15.7. The Bertz CT molecular complexity index is 687. The molecule has 122 valence electrons. The van der Waals surface area contributed by atoms with Gasteiger partial charge in [0, 0.05) is 43.1 Å². The molecule has 6 heteroatoms. The molecular weight excluding hydrogens is 295 g/mol. The summed E-state index contributed by atoms with van der Waals surface area (Å²) >= 11 is 0. The zero-order valence-corrected chi connectivity index (χ0v) is 13.5. The van der Waals surface area contributed by atoms with E-state index in [9.17, 15) is 9.18 Å². The van der Waals surface area contributed by atoms with Crippen LogP contribution in [0.2, 0.25) is 0 Å². The number of carbonyl (C=O) groups is 1. The van der Waals surface area contributed by atoms with Crippen LogP contribution >= 0.6 is 0 Å². The third-order valence-corrected chi connectivity index (χ3v) is 4.23. The summed E-state index contributed by atoms with van der Waals surface area (Å²) in [5.74, 6) is 0.616. The largest absolute Gasteiger partial charge is 0.362 e. The van der Waals surface area contributed by atoms with Crippen molar-refractivity contribution in [3.63, 3.8) is 0 Å². The van der Waals surface area contributed by atoms with E-state index in [4.69, 9.17) is 0 Å². The first-order chi connectivity index (χ1) is 11.0. The minimum atomic E-state index is -0.324. The van der Waals surface area contributed by atoms with Crippen molar-refractivity contribution in [2.75, 3.05) is 37.6 Å². The van der Waals surface area contributed by atoms with Crippen LogP contribution in [0, 0.1) is 19.7 Å². The fraction of sp³-hybridized carbons (Fsp3) is 0.412. The molecule has 3 rings (SSSR count). The summed E-state index contributed by atoms with van der Waals surface area (Å²) in [6.45, 7) is 7.49. The lowest BCUT2D eigenvalue weighted by Gasteiger charge is -2.35. The fourth-order valence-electron chi connectivity index (χ4n) is 2.99. The molecule has 0 amide bonds. The van der Waals surface area contributed by atoms with Gasteiger partial charge in [0.25, 0.3) is 0 Å². The molecule has 0 aliphatic carbocycles. The number of aromatic amines is 1. The molecule has 0 bridgehead atoms. The topological polar surface area (TPSA) is 52.2 Å². The number of aryl methyl sites for hydroxylation is 2. The number of nitrogens with zero attached hydrogens (tertiary/aromatic N) is 3. The van der Waals surface area contributed by atoms with E-state index >= 15 is 0 Å². The molecule has 0 radical (unpaired) electrons. The summed E-state index contributed by atoms with van der Waals surface area (Å²) in [5.41, 5.74) is 2.73. The second kappa shape index (κ2) is 6.50. The molecule has 23 heavy (non-hydrogen) atoms. The molecule has 1 N–H and O–H groups in total. The van der Waals surface area contributed by atoms with Crippen LogP contribution in [0.1, 0.15) is 21.7 Å². The van der Waals surface area contributed by atoms with Crippen LogP contribution in [0.3, 0.4) is 0 Å². The van der Waals surface area contributed by atoms with Gasteiger partial charge in [-0.15, -0.1) is 0 Å². The number of halogens is 1. The Labute approximate surface area is 135 Å². The number of pyridine rings is 1. The van der Waals surface area contributed by atoms with Gasteiger partial charge in [0.1, 0.15) is 11.6 Å². The van der Waals surface area contributed by atoms with Crippen LogP contribution < -0.4 is 4.90 Å². The molecule has 5 nitrogen and oxygen atoms in total. The van der Waals surface area contributed by atoms with Crippen molar-refractivity contribution in [3.05, 3.63) is 47.2 Å². The lowest BCUT2D eigenvalue weighted by atomic mass is 10.1. The van der Waals surface area contributed by atoms with Crippen LogP contribution in [-0.4, -0.2) is 53.4 Å². The molecule has 1 fully saturated rings. The molecule has 0 unspecified atom stereocenters. The van der Waals surface area contributed by atoms with Crippen molar-refractivity contribution < 1.29 is 9.18 Å². The Morgan fingerprint density at radius 3 is 2.57 bits per heavy atom. The molecule has 3 heterocycles. The minimum Gasteiger partial charge on any atom is -0.362 e. The number of piperazine rings is 1.